The number of hydrogen-bond acceptors (Lipinski definition) is 0. The van der Waals surface area contributed by atoms with E-state index in [1.807, 2.05) is 12.1 Å². The number of rotatable bonds is 3. The van der Waals surface area contributed by atoms with Gasteiger partial charge in [-0.25, -0.2) is 4.42 Å². The molecule has 0 atom stereocenters. The van der Waals surface area contributed by atoms with Crippen LogP contribution in [0.2, 0.25) is 0 Å². The monoisotopic (exact) mass is 137 g/mol. The molecule has 0 spiro atoms. The molecule has 0 aliphatic heterocycles. The maximum Gasteiger partial charge on any atom is 0.318 e. The summed E-state index contributed by atoms with van der Waals surface area (Å²) >= 11 is 0. The van der Waals surface area contributed by atoms with Crippen molar-refractivity contribution in [3.05, 3.63) is 30.2 Å². The second-order valence-corrected chi connectivity index (χ2v) is 2.42. The zero-order valence-corrected chi connectivity index (χ0v) is 6.34. The van der Waals surface area contributed by atoms with E-state index in [2.05, 4.69) is 6.92 Å². The van der Waals surface area contributed by atoms with Crippen LogP contribution >= 0.6 is 0 Å². The fourth-order valence-electron chi connectivity index (χ4n) is 0.902. The molecule has 0 unspecified atom stereocenters. The Bertz CT molecular complexity index is 169. The molecule has 1 heteroatoms. The van der Waals surface area contributed by atoms with Crippen LogP contribution in [0.15, 0.2) is 29.1 Å². The Kier molecular flexibility index (Phi) is 2.94. The summed E-state index contributed by atoms with van der Waals surface area (Å²) in [5.41, 5.74) is 1.37. The van der Waals surface area contributed by atoms with E-state index in [1.54, 1.807) is 12.5 Å². The Morgan fingerprint density at radius 2 is 2.00 bits per heavy atom. The second kappa shape index (κ2) is 4.04. The molecule has 0 amide bonds. The summed E-state index contributed by atoms with van der Waals surface area (Å²) in [5.74, 6) is 0. The average molecular weight is 137 g/mol. The second-order valence-electron chi connectivity index (χ2n) is 2.42. The van der Waals surface area contributed by atoms with Gasteiger partial charge in [0.1, 0.15) is 0 Å². The summed E-state index contributed by atoms with van der Waals surface area (Å²) in [6, 6.07) is 4.05. The Morgan fingerprint density at radius 3 is 2.60 bits per heavy atom. The first kappa shape index (κ1) is 7.26. The molecule has 1 heterocycles. The fraction of sp³-hybridized carbons (Fsp3) is 0.444. The van der Waals surface area contributed by atoms with Crippen molar-refractivity contribution >= 4 is 0 Å². The van der Waals surface area contributed by atoms with Gasteiger partial charge < -0.3 is 0 Å². The van der Waals surface area contributed by atoms with Gasteiger partial charge in [0.2, 0.25) is 0 Å². The highest BCUT2D eigenvalue weighted by molar-refractivity contribution is 5.07. The van der Waals surface area contributed by atoms with Crippen LogP contribution in [0, 0.1) is 0 Å². The minimum Gasteiger partial charge on any atom is -0.224 e. The highest BCUT2D eigenvalue weighted by atomic mass is 16.3. The maximum absolute atomic E-state index is 4.90. The molecule has 0 bridgehead atoms. The van der Waals surface area contributed by atoms with Crippen LogP contribution in [0.1, 0.15) is 25.3 Å². The Balaban J connectivity index is 2.43. The highest BCUT2D eigenvalue weighted by Gasteiger charge is 1.93. The van der Waals surface area contributed by atoms with Crippen LogP contribution in [0.4, 0.5) is 0 Å². The van der Waals surface area contributed by atoms with Gasteiger partial charge in [-0.1, -0.05) is 13.3 Å². The van der Waals surface area contributed by atoms with Crippen LogP contribution in [-0.2, 0) is 6.42 Å². The summed E-state index contributed by atoms with van der Waals surface area (Å²) in [6.45, 7) is 2.20. The van der Waals surface area contributed by atoms with Gasteiger partial charge in [-0.05, 0) is 18.4 Å². The van der Waals surface area contributed by atoms with E-state index in [0.717, 1.165) is 0 Å². The largest absolute Gasteiger partial charge is 0.318 e. The van der Waals surface area contributed by atoms with Crippen molar-refractivity contribution in [1.82, 2.24) is 0 Å². The van der Waals surface area contributed by atoms with Crippen LogP contribution in [0.25, 0.3) is 0 Å². The fourth-order valence-corrected chi connectivity index (χ4v) is 0.902. The van der Waals surface area contributed by atoms with E-state index in [9.17, 15) is 0 Å². The molecule has 1 aromatic rings. The lowest BCUT2D eigenvalue weighted by Crippen LogP contribution is -1.81. The lowest BCUT2D eigenvalue weighted by Gasteiger charge is -1.92. The first-order valence-corrected chi connectivity index (χ1v) is 3.78. The van der Waals surface area contributed by atoms with Gasteiger partial charge in [0.15, 0.2) is 0 Å². The first-order valence-electron chi connectivity index (χ1n) is 3.78. The number of aryl methyl sites for hydroxylation is 1. The molecule has 0 aromatic carbocycles. The lowest BCUT2D eigenvalue weighted by atomic mass is 10.1. The van der Waals surface area contributed by atoms with E-state index in [1.165, 1.54) is 24.8 Å². The summed E-state index contributed by atoms with van der Waals surface area (Å²) in [5, 5.41) is 0. The third-order valence-corrected chi connectivity index (χ3v) is 1.54. The Hall–Kier alpha value is -0.850. The molecule has 0 fully saturated rings. The third kappa shape index (κ3) is 2.18. The highest BCUT2D eigenvalue weighted by Crippen LogP contribution is 2.03. The van der Waals surface area contributed by atoms with Crippen molar-refractivity contribution in [2.45, 2.75) is 26.2 Å². The molecule has 1 rings (SSSR count). The molecular formula is C9H13O+. The summed E-state index contributed by atoms with van der Waals surface area (Å²) in [4.78, 5) is 0. The molecule has 10 heavy (non-hydrogen) atoms. The normalized spacial score (nSPS) is 9.70. The quantitative estimate of drug-likeness (QED) is 0.583. The molecular weight excluding hydrogens is 124 g/mol. The van der Waals surface area contributed by atoms with Gasteiger partial charge in [0.25, 0.3) is 0 Å². The maximum atomic E-state index is 4.90. The molecule has 0 aliphatic rings. The molecule has 0 aliphatic carbocycles. The van der Waals surface area contributed by atoms with E-state index in [-0.39, 0.29) is 0 Å². The molecule has 1 aromatic heterocycles. The third-order valence-electron chi connectivity index (χ3n) is 1.54. The smallest absolute Gasteiger partial charge is 0.224 e. The van der Waals surface area contributed by atoms with E-state index in [4.69, 9.17) is 4.42 Å². The number of hydrogen-bond donors (Lipinski definition) is 0. The van der Waals surface area contributed by atoms with E-state index < -0.39 is 0 Å². The SMILES string of the molecule is CCCCc1cc[o+]cc1. The van der Waals surface area contributed by atoms with E-state index in [0.29, 0.717) is 0 Å². The van der Waals surface area contributed by atoms with Crippen LogP contribution in [0.3, 0.4) is 0 Å². The molecule has 0 saturated heterocycles. The van der Waals surface area contributed by atoms with Crippen molar-refractivity contribution in [2.24, 2.45) is 0 Å². The zero-order valence-electron chi connectivity index (χ0n) is 6.34. The lowest BCUT2D eigenvalue weighted by molar-refractivity contribution is 0.546. The Labute approximate surface area is 61.7 Å². The van der Waals surface area contributed by atoms with Gasteiger partial charge >= 0.3 is 12.5 Å². The zero-order chi connectivity index (χ0) is 7.23. The summed E-state index contributed by atoms with van der Waals surface area (Å²) < 4.78 is 4.90. The van der Waals surface area contributed by atoms with Gasteiger partial charge in [0, 0.05) is 12.1 Å². The first-order chi connectivity index (χ1) is 4.93. The molecule has 0 N–H and O–H groups in total. The van der Waals surface area contributed by atoms with Crippen LogP contribution in [-0.4, -0.2) is 0 Å². The average Bonchev–Trinajstić information content (AvgIpc) is 2.03. The predicted octanol–water partition coefficient (Wildman–Crippen LogP) is 2.90. The van der Waals surface area contributed by atoms with Crippen LogP contribution in [0.5, 0.6) is 0 Å². The minimum atomic E-state index is 1.17. The van der Waals surface area contributed by atoms with Gasteiger partial charge in [-0.15, -0.1) is 0 Å². The molecule has 54 valence electrons. The van der Waals surface area contributed by atoms with E-state index >= 15 is 0 Å². The van der Waals surface area contributed by atoms with Crippen molar-refractivity contribution in [1.29, 1.82) is 0 Å². The predicted molar refractivity (Wildman–Crippen MR) is 41.7 cm³/mol. The van der Waals surface area contributed by atoms with Crippen molar-refractivity contribution < 1.29 is 4.42 Å². The van der Waals surface area contributed by atoms with Crippen molar-refractivity contribution in [2.75, 3.05) is 0 Å². The molecule has 1 nitrogen and oxygen atoms in total. The molecule has 0 saturated carbocycles. The van der Waals surface area contributed by atoms with Crippen molar-refractivity contribution in [3.8, 4) is 0 Å². The standard InChI is InChI=1S/C9H13O/c1-2-3-4-9-5-7-10-8-6-9/h5-8H,2-4H2,1H3/q+1. The minimum absolute atomic E-state index is 1.17. The Morgan fingerprint density at radius 1 is 1.30 bits per heavy atom. The summed E-state index contributed by atoms with van der Waals surface area (Å²) in [6.07, 6.45) is 7.15. The van der Waals surface area contributed by atoms with Gasteiger partial charge in [0.05, 0.1) is 0 Å². The van der Waals surface area contributed by atoms with Crippen LogP contribution < -0.4 is 0 Å². The summed E-state index contributed by atoms with van der Waals surface area (Å²) in [7, 11) is 0. The van der Waals surface area contributed by atoms with Crippen molar-refractivity contribution in [3.63, 3.8) is 0 Å². The molecule has 0 radical (unpaired) electrons. The topological polar surface area (TPSA) is 11.3 Å². The van der Waals surface area contributed by atoms with Gasteiger partial charge in [-0.3, -0.25) is 0 Å². The number of unbranched alkanes of at least 4 members (excludes halogenated alkanes) is 1. The van der Waals surface area contributed by atoms with Gasteiger partial charge in [-0.2, -0.15) is 0 Å².